The van der Waals surface area contributed by atoms with Crippen LogP contribution >= 0.6 is 0 Å². The fourth-order valence-corrected chi connectivity index (χ4v) is 3.61. The number of halogens is 3. The van der Waals surface area contributed by atoms with E-state index in [4.69, 9.17) is 4.42 Å². The summed E-state index contributed by atoms with van der Waals surface area (Å²) in [5.41, 5.74) is -1.15. The molecule has 0 saturated heterocycles. The van der Waals surface area contributed by atoms with Gasteiger partial charge in [-0.3, -0.25) is 9.52 Å². The summed E-state index contributed by atoms with van der Waals surface area (Å²) < 4.78 is 71.1. The molecule has 1 heterocycles. The Morgan fingerprint density at radius 1 is 1.00 bits per heavy atom. The van der Waals surface area contributed by atoms with Crippen LogP contribution in [0.25, 0.3) is 0 Å². The Bertz CT molecular complexity index is 1110. The Kier molecular flexibility index (Phi) is 5.64. The molecule has 3 rings (SSSR count). The molecular weight excluding hydrogens is 409 g/mol. The molecule has 0 unspecified atom stereocenters. The molecule has 1 aromatic heterocycles. The number of para-hydroxylation sites is 1. The molecule has 0 bridgehead atoms. The summed E-state index contributed by atoms with van der Waals surface area (Å²) in [6.07, 6.45) is -3.24. The van der Waals surface area contributed by atoms with E-state index in [0.29, 0.717) is 11.8 Å². The number of benzene rings is 2. The third-order valence-electron chi connectivity index (χ3n) is 3.89. The van der Waals surface area contributed by atoms with Gasteiger partial charge in [0.2, 0.25) is 0 Å². The second-order valence-electron chi connectivity index (χ2n) is 5.94. The number of rotatable bonds is 6. The zero-order chi connectivity index (χ0) is 21.1. The molecule has 0 spiro atoms. The Morgan fingerprint density at radius 3 is 2.45 bits per heavy atom. The van der Waals surface area contributed by atoms with E-state index in [1.54, 1.807) is 12.1 Å². The minimum absolute atomic E-state index is 0.00890. The maximum absolute atomic E-state index is 12.9. The first-order valence-corrected chi connectivity index (χ1v) is 9.75. The van der Waals surface area contributed by atoms with Crippen LogP contribution in [0.4, 0.5) is 18.9 Å². The van der Waals surface area contributed by atoms with Gasteiger partial charge in [0.1, 0.15) is 5.76 Å². The average Bonchev–Trinajstić information content (AvgIpc) is 3.19. The van der Waals surface area contributed by atoms with Gasteiger partial charge in [0, 0.05) is 0 Å². The van der Waals surface area contributed by atoms with Gasteiger partial charge in [0.15, 0.2) is 0 Å². The molecule has 0 atom stereocenters. The van der Waals surface area contributed by atoms with Gasteiger partial charge in [-0.2, -0.15) is 13.2 Å². The Morgan fingerprint density at radius 2 is 1.76 bits per heavy atom. The monoisotopic (exact) mass is 424 g/mol. The van der Waals surface area contributed by atoms with Crippen LogP contribution in [0, 0.1) is 0 Å². The summed E-state index contributed by atoms with van der Waals surface area (Å²) in [4.78, 5) is 11.9. The first-order chi connectivity index (χ1) is 13.7. The quantitative estimate of drug-likeness (QED) is 0.625. The molecule has 2 N–H and O–H groups in total. The lowest BCUT2D eigenvalue weighted by Crippen LogP contribution is -2.24. The first-order valence-electron chi connectivity index (χ1n) is 8.26. The van der Waals surface area contributed by atoms with Gasteiger partial charge in [-0.05, 0) is 42.5 Å². The molecule has 1 amide bonds. The van der Waals surface area contributed by atoms with Crippen molar-refractivity contribution in [3.8, 4) is 0 Å². The third-order valence-corrected chi connectivity index (χ3v) is 5.25. The topological polar surface area (TPSA) is 88.4 Å². The van der Waals surface area contributed by atoms with Crippen molar-refractivity contribution in [3.05, 3.63) is 83.8 Å². The van der Waals surface area contributed by atoms with Crippen molar-refractivity contribution >= 4 is 21.6 Å². The van der Waals surface area contributed by atoms with Crippen LogP contribution in [0.15, 0.2) is 76.2 Å². The normalized spacial score (nSPS) is 11.8. The first kappa shape index (κ1) is 20.5. The standard InChI is InChI=1S/C19H15F3N2O4S/c20-19(21,22)13-5-3-7-15(11-13)29(26,27)24-17-9-2-1-8-16(17)18(25)23-12-14-6-4-10-28-14/h1-11,24H,12H2,(H,23,25). The fraction of sp³-hybridized carbons (Fsp3) is 0.105. The summed E-state index contributed by atoms with van der Waals surface area (Å²) in [6.45, 7) is 0.0839. The predicted octanol–water partition coefficient (Wildman–Crippen LogP) is 4.03. The number of furan rings is 1. The van der Waals surface area contributed by atoms with E-state index in [0.717, 1.165) is 18.2 Å². The molecule has 0 fully saturated rings. The van der Waals surface area contributed by atoms with Crippen LogP contribution < -0.4 is 10.0 Å². The average molecular weight is 424 g/mol. The molecule has 152 valence electrons. The zero-order valence-electron chi connectivity index (χ0n) is 14.7. The molecular formula is C19H15F3N2O4S. The second-order valence-corrected chi connectivity index (χ2v) is 7.62. The molecule has 6 nitrogen and oxygen atoms in total. The number of carbonyl (C=O) groups is 1. The largest absolute Gasteiger partial charge is 0.467 e. The van der Waals surface area contributed by atoms with Gasteiger partial charge >= 0.3 is 6.18 Å². The van der Waals surface area contributed by atoms with E-state index < -0.39 is 32.6 Å². The number of hydrogen-bond donors (Lipinski definition) is 2. The van der Waals surface area contributed by atoms with Crippen molar-refractivity contribution in [3.63, 3.8) is 0 Å². The second kappa shape index (κ2) is 8.00. The van der Waals surface area contributed by atoms with Crippen molar-refractivity contribution in [1.29, 1.82) is 0 Å². The highest BCUT2D eigenvalue weighted by molar-refractivity contribution is 7.92. The van der Waals surface area contributed by atoms with Gasteiger partial charge in [-0.25, -0.2) is 8.42 Å². The highest BCUT2D eigenvalue weighted by Crippen LogP contribution is 2.31. The van der Waals surface area contributed by atoms with E-state index in [1.807, 2.05) is 0 Å². The van der Waals surface area contributed by atoms with Gasteiger partial charge in [-0.15, -0.1) is 0 Å². The van der Waals surface area contributed by atoms with E-state index in [-0.39, 0.29) is 17.8 Å². The maximum Gasteiger partial charge on any atom is 0.416 e. The van der Waals surface area contributed by atoms with Crippen molar-refractivity contribution in [2.45, 2.75) is 17.6 Å². The molecule has 29 heavy (non-hydrogen) atoms. The maximum atomic E-state index is 12.9. The molecule has 2 aromatic carbocycles. The van der Waals surface area contributed by atoms with E-state index in [9.17, 15) is 26.4 Å². The van der Waals surface area contributed by atoms with Gasteiger partial charge < -0.3 is 9.73 Å². The SMILES string of the molecule is O=C(NCc1ccco1)c1ccccc1NS(=O)(=O)c1cccc(C(F)(F)F)c1. The lowest BCUT2D eigenvalue weighted by molar-refractivity contribution is -0.137. The number of alkyl halides is 3. The van der Waals surface area contributed by atoms with Crippen LogP contribution in [0.1, 0.15) is 21.7 Å². The Labute approximate surface area is 164 Å². The summed E-state index contributed by atoms with van der Waals surface area (Å²) in [7, 11) is -4.36. The van der Waals surface area contributed by atoms with E-state index >= 15 is 0 Å². The van der Waals surface area contributed by atoms with Crippen molar-refractivity contribution in [1.82, 2.24) is 5.32 Å². The van der Waals surface area contributed by atoms with Crippen molar-refractivity contribution < 1.29 is 30.8 Å². The Hall–Kier alpha value is -3.27. The van der Waals surface area contributed by atoms with Crippen LogP contribution in [0.5, 0.6) is 0 Å². The van der Waals surface area contributed by atoms with Gasteiger partial charge in [0.25, 0.3) is 15.9 Å². The highest BCUT2D eigenvalue weighted by atomic mass is 32.2. The number of sulfonamides is 1. The zero-order valence-corrected chi connectivity index (χ0v) is 15.5. The minimum Gasteiger partial charge on any atom is -0.467 e. The molecule has 0 radical (unpaired) electrons. The minimum atomic E-state index is -4.69. The number of amides is 1. The summed E-state index contributed by atoms with van der Waals surface area (Å²) in [5.74, 6) is -0.0795. The lowest BCUT2D eigenvalue weighted by Gasteiger charge is -2.14. The van der Waals surface area contributed by atoms with Crippen LogP contribution in [-0.4, -0.2) is 14.3 Å². The molecule has 0 aliphatic carbocycles. The number of nitrogens with one attached hydrogen (secondary N) is 2. The lowest BCUT2D eigenvalue weighted by atomic mass is 10.1. The summed E-state index contributed by atoms with van der Waals surface area (Å²) in [6, 6.07) is 12.4. The van der Waals surface area contributed by atoms with E-state index in [2.05, 4.69) is 10.0 Å². The third kappa shape index (κ3) is 4.96. The molecule has 10 heteroatoms. The molecule has 0 aliphatic rings. The number of carbonyl (C=O) groups excluding carboxylic acids is 1. The van der Waals surface area contributed by atoms with Gasteiger partial charge in [-0.1, -0.05) is 18.2 Å². The van der Waals surface area contributed by atoms with Crippen molar-refractivity contribution in [2.75, 3.05) is 4.72 Å². The summed E-state index contributed by atoms with van der Waals surface area (Å²) in [5, 5.41) is 2.58. The van der Waals surface area contributed by atoms with Gasteiger partial charge in [0.05, 0.1) is 34.5 Å². The summed E-state index contributed by atoms with van der Waals surface area (Å²) >= 11 is 0. The fourth-order valence-electron chi connectivity index (χ4n) is 2.49. The number of hydrogen-bond acceptors (Lipinski definition) is 4. The predicted molar refractivity (Wildman–Crippen MR) is 98.6 cm³/mol. The van der Waals surface area contributed by atoms with Crippen LogP contribution in [-0.2, 0) is 22.7 Å². The highest BCUT2D eigenvalue weighted by Gasteiger charge is 2.31. The van der Waals surface area contributed by atoms with E-state index in [1.165, 1.54) is 30.5 Å². The van der Waals surface area contributed by atoms with Crippen LogP contribution in [0.3, 0.4) is 0 Å². The smallest absolute Gasteiger partial charge is 0.416 e. The van der Waals surface area contributed by atoms with Crippen LogP contribution in [0.2, 0.25) is 0 Å². The molecule has 3 aromatic rings. The van der Waals surface area contributed by atoms with Crippen molar-refractivity contribution in [2.24, 2.45) is 0 Å². The molecule has 0 aliphatic heterocycles. The molecule has 0 saturated carbocycles. The Balaban J connectivity index is 1.84. The number of anilines is 1.